The van der Waals surface area contributed by atoms with Crippen molar-refractivity contribution >= 4 is 52.9 Å². The zero-order valence-corrected chi connectivity index (χ0v) is 15.9. The topological polar surface area (TPSA) is 45.7 Å². The average Bonchev–Trinajstić information content (AvgIpc) is 2.66. The summed E-state index contributed by atoms with van der Waals surface area (Å²) in [6.45, 7) is 1.14. The van der Waals surface area contributed by atoms with E-state index >= 15 is 0 Å². The van der Waals surface area contributed by atoms with Crippen LogP contribution in [-0.2, 0) is 4.74 Å². The van der Waals surface area contributed by atoms with Gasteiger partial charge in [-0.2, -0.15) is 0 Å². The molecule has 5 nitrogen and oxygen atoms in total. The van der Waals surface area contributed by atoms with Crippen LogP contribution in [0, 0.1) is 0 Å². The van der Waals surface area contributed by atoms with Gasteiger partial charge in [-0.3, -0.25) is 4.90 Å². The van der Waals surface area contributed by atoms with Gasteiger partial charge in [-0.25, -0.2) is 14.7 Å². The molecule has 0 bridgehead atoms. The lowest BCUT2D eigenvalue weighted by atomic mass is 10.2. The molecule has 0 aliphatic carbocycles. The summed E-state index contributed by atoms with van der Waals surface area (Å²) in [7, 11) is 0. The van der Waals surface area contributed by atoms with Crippen LogP contribution in [0.4, 0.5) is 16.3 Å². The fourth-order valence-electron chi connectivity index (χ4n) is 2.66. The predicted molar refractivity (Wildman–Crippen MR) is 105 cm³/mol. The van der Waals surface area contributed by atoms with Crippen molar-refractivity contribution in [3.8, 4) is 0 Å². The fraction of sp³-hybridized carbons (Fsp3) is 0.294. The lowest BCUT2D eigenvalue weighted by Crippen LogP contribution is -2.34. The molecule has 2 aliphatic rings. The third kappa shape index (κ3) is 3.76. The first-order valence-electron chi connectivity index (χ1n) is 7.89. The monoisotopic (exact) mass is 391 g/mol. The number of benzene rings is 1. The molecule has 3 heterocycles. The van der Waals surface area contributed by atoms with Crippen molar-refractivity contribution in [3.05, 3.63) is 42.6 Å². The van der Waals surface area contributed by atoms with E-state index in [0.29, 0.717) is 12.4 Å². The highest BCUT2D eigenvalue weighted by molar-refractivity contribution is 8.16. The molecule has 0 N–H and O–H groups in total. The lowest BCUT2D eigenvalue weighted by Gasteiger charge is -2.29. The fourth-order valence-corrected chi connectivity index (χ4v) is 5.83. The normalized spacial score (nSPS) is 16.9. The number of aromatic nitrogens is 1. The minimum absolute atomic E-state index is 0.370. The summed E-state index contributed by atoms with van der Waals surface area (Å²) in [6, 6.07) is 11.7. The summed E-state index contributed by atoms with van der Waals surface area (Å²) in [5, 5.41) is 1.14. The standard InChI is InChI=1S/C17H17N3O2S3/c21-17(22-9-8-19-10-23-12-24-11-19)20-13-4-1-2-5-14(13)25-15-6-3-7-18-16(15)20/h1-7H,8-12H2. The van der Waals surface area contributed by atoms with Gasteiger partial charge in [-0.1, -0.05) is 23.9 Å². The molecule has 0 unspecified atom stereocenters. The number of para-hydroxylation sites is 1. The zero-order valence-electron chi connectivity index (χ0n) is 13.5. The van der Waals surface area contributed by atoms with Crippen LogP contribution in [0.3, 0.4) is 0 Å². The zero-order chi connectivity index (χ0) is 17.1. The van der Waals surface area contributed by atoms with Crippen molar-refractivity contribution in [1.82, 2.24) is 9.88 Å². The summed E-state index contributed by atoms with van der Waals surface area (Å²) in [6.07, 6.45) is 1.33. The van der Waals surface area contributed by atoms with Gasteiger partial charge in [0.15, 0.2) is 5.82 Å². The number of hydrogen-bond donors (Lipinski definition) is 0. The van der Waals surface area contributed by atoms with Crippen LogP contribution in [0.25, 0.3) is 0 Å². The molecule has 2 aromatic rings. The summed E-state index contributed by atoms with van der Waals surface area (Å²) in [5.41, 5.74) is 0.827. The largest absolute Gasteiger partial charge is 0.448 e. The molecule has 8 heteroatoms. The van der Waals surface area contributed by atoms with Crippen LogP contribution in [0.1, 0.15) is 0 Å². The van der Waals surface area contributed by atoms with Crippen LogP contribution in [0.15, 0.2) is 52.4 Å². The van der Waals surface area contributed by atoms with E-state index in [4.69, 9.17) is 4.74 Å². The molecular formula is C17H17N3O2S3. The van der Waals surface area contributed by atoms with Gasteiger partial charge in [0.05, 0.1) is 10.6 Å². The average molecular weight is 392 g/mol. The van der Waals surface area contributed by atoms with Crippen LogP contribution < -0.4 is 4.90 Å². The summed E-state index contributed by atoms with van der Waals surface area (Å²) < 4.78 is 5.58. The molecule has 4 rings (SSSR count). The molecule has 1 fully saturated rings. The van der Waals surface area contributed by atoms with Crippen molar-refractivity contribution in [2.45, 2.75) is 9.79 Å². The maximum absolute atomic E-state index is 12.8. The molecule has 0 saturated carbocycles. The highest BCUT2D eigenvalue weighted by Crippen LogP contribution is 2.46. The SMILES string of the molecule is O=C(OCCN1CSCSC1)N1c2ccccc2Sc2cccnc21. The number of pyridine rings is 1. The molecule has 1 saturated heterocycles. The first-order valence-corrected chi connectivity index (χ1v) is 11.0. The van der Waals surface area contributed by atoms with Crippen molar-refractivity contribution in [2.75, 3.05) is 34.9 Å². The van der Waals surface area contributed by atoms with Gasteiger partial charge in [0, 0.05) is 34.5 Å². The molecular weight excluding hydrogens is 374 g/mol. The first kappa shape index (κ1) is 17.1. The molecule has 1 aromatic carbocycles. The molecule has 25 heavy (non-hydrogen) atoms. The Morgan fingerprint density at radius 1 is 1.12 bits per heavy atom. The molecule has 130 valence electrons. The minimum Gasteiger partial charge on any atom is -0.448 e. The van der Waals surface area contributed by atoms with E-state index in [0.717, 1.165) is 38.9 Å². The second-order valence-corrected chi connectivity index (χ2v) is 8.88. The number of thioether (sulfide) groups is 2. The molecule has 1 amide bonds. The number of fused-ring (bicyclic) bond motifs is 2. The van der Waals surface area contributed by atoms with Crippen LogP contribution in [0.5, 0.6) is 0 Å². The second-order valence-electron chi connectivity index (χ2n) is 5.52. The van der Waals surface area contributed by atoms with E-state index in [2.05, 4.69) is 9.88 Å². The number of anilines is 2. The van der Waals surface area contributed by atoms with Crippen molar-refractivity contribution < 1.29 is 9.53 Å². The lowest BCUT2D eigenvalue weighted by molar-refractivity contribution is 0.144. The third-order valence-electron chi connectivity index (χ3n) is 3.82. The Hall–Kier alpha value is -1.35. The number of rotatable bonds is 3. The van der Waals surface area contributed by atoms with Gasteiger partial charge in [-0.05, 0) is 24.3 Å². The van der Waals surface area contributed by atoms with Gasteiger partial charge < -0.3 is 4.74 Å². The molecule has 0 atom stereocenters. The Kier molecular flexibility index (Phi) is 5.40. The minimum atomic E-state index is -0.370. The van der Waals surface area contributed by atoms with E-state index in [1.54, 1.807) is 22.9 Å². The Labute approximate surface area is 159 Å². The number of ether oxygens (including phenoxy) is 1. The molecule has 0 radical (unpaired) electrons. The van der Waals surface area contributed by atoms with E-state index in [1.807, 2.05) is 59.9 Å². The first-order chi connectivity index (χ1) is 12.3. The van der Waals surface area contributed by atoms with E-state index in [9.17, 15) is 4.79 Å². The van der Waals surface area contributed by atoms with Gasteiger partial charge in [0.25, 0.3) is 0 Å². The second kappa shape index (κ2) is 7.90. The van der Waals surface area contributed by atoms with Crippen LogP contribution >= 0.6 is 35.3 Å². The van der Waals surface area contributed by atoms with Crippen molar-refractivity contribution in [1.29, 1.82) is 0 Å². The van der Waals surface area contributed by atoms with E-state index in [1.165, 1.54) is 0 Å². The predicted octanol–water partition coefficient (Wildman–Crippen LogP) is 4.48. The smallest absolute Gasteiger partial charge is 0.420 e. The number of amides is 1. The summed E-state index contributed by atoms with van der Waals surface area (Å²) in [4.78, 5) is 23.1. The number of carbonyl (C=O) groups is 1. The number of carbonyl (C=O) groups excluding carboxylic acids is 1. The Morgan fingerprint density at radius 3 is 2.80 bits per heavy atom. The van der Waals surface area contributed by atoms with E-state index < -0.39 is 0 Å². The van der Waals surface area contributed by atoms with Crippen molar-refractivity contribution in [3.63, 3.8) is 0 Å². The summed E-state index contributed by atoms with van der Waals surface area (Å²) in [5.74, 6) is 2.64. The van der Waals surface area contributed by atoms with Gasteiger partial charge >= 0.3 is 6.09 Å². The highest BCUT2D eigenvalue weighted by atomic mass is 32.2. The summed E-state index contributed by atoms with van der Waals surface area (Å²) >= 11 is 5.42. The van der Waals surface area contributed by atoms with Gasteiger partial charge in [-0.15, -0.1) is 23.5 Å². The van der Waals surface area contributed by atoms with Crippen LogP contribution in [0.2, 0.25) is 0 Å². The molecule has 1 aromatic heterocycles. The van der Waals surface area contributed by atoms with Crippen LogP contribution in [-0.4, -0.2) is 46.0 Å². The number of hydrogen-bond acceptors (Lipinski definition) is 7. The van der Waals surface area contributed by atoms with Gasteiger partial charge in [0.1, 0.15) is 6.61 Å². The molecule has 2 aliphatic heterocycles. The highest BCUT2D eigenvalue weighted by Gasteiger charge is 2.30. The third-order valence-corrected chi connectivity index (χ3v) is 7.35. The molecule has 0 spiro atoms. The number of nitrogens with zero attached hydrogens (tertiary/aromatic N) is 3. The maximum Gasteiger partial charge on any atom is 0.420 e. The van der Waals surface area contributed by atoms with E-state index in [-0.39, 0.29) is 6.09 Å². The Balaban J connectivity index is 1.49. The van der Waals surface area contributed by atoms with Crippen molar-refractivity contribution in [2.24, 2.45) is 0 Å². The Morgan fingerprint density at radius 2 is 1.92 bits per heavy atom. The quantitative estimate of drug-likeness (QED) is 0.764. The Bertz CT molecular complexity index is 723. The maximum atomic E-state index is 12.8. The van der Waals surface area contributed by atoms with Gasteiger partial charge in [0.2, 0.25) is 0 Å².